The Morgan fingerprint density at radius 1 is 1.20 bits per heavy atom. The first-order valence-electron chi connectivity index (χ1n) is 6.76. The fourth-order valence-corrected chi connectivity index (χ4v) is 1.97. The average Bonchev–Trinajstić information content (AvgIpc) is 2.45. The van der Waals surface area contributed by atoms with Crippen molar-refractivity contribution in [3.05, 3.63) is 41.8 Å². The molecule has 0 atom stereocenters. The number of aryl methyl sites for hydroxylation is 1. The number of halogens is 1. The molecule has 0 saturated carbocycles. The number of anilines is 3. The van der Waals surface area contributed by atoms with Crippen LogP contribution < -0.4 is 10.2 Å². The van der Waals surface area contributed by atoms with Crippen LogP contribution in [0.25, 0.3) is 0 Å². The van der Waals surface area contributed by atoms with Crippen LogP contribution in [0.5, 0.6) is 0 Å². The smallest absolute Gasteiger partial charge is 0.224 e. The summed E-state index contributed by atoms with van der Waals surface area (Å²) in [6, 6.07) is 7.94. The third kappa shape index (κ3) is 3.04. The maximum Gasteiger partial charge on any atom is 0.224 e. The van der Waals surface area contributed by atoms with Gasteiger partial charge in [-0.2, -0.15) is 4.98 Å². The van der Waals surface area contributed by atoms with E-state index in [2.05, 4.69) is 15.3 Å². The van der Waals surface area contributed by atoms with E-state index in [1.54, 1.807) is 0 Å². The van der Waals surface area contributed by atoms with Crippen LogP contribution in [0.15, 0.2) is 30.5 Å². The molecule has 0 aliphatic heterocycles. The Hall–Kier alpha value is -2.17. The third-order valence-electron chi connectivity index (χ3n) is 2.98. The molecule has 0 bridgehead atoms. The summed E-state index contributed by atoms with van der Waals surface area (Å²) in [6.45, 7) is 7.26. The van der Waals surface area contributed by atoms with E-state index in [-0.39, 0.29) is 0 Å². The molecule has 106 valence electrons. The number of rotatable bonds is 5. The van der Waals surface area contributed by atoms with Crippen molar-refractivity contribution in [1.29, 1.82) is 0 Å². The summed E-state index contributed by atoms with van der Waals surface area (Å²) in [7, 11) is 0. The number of hydrogen-bond donors (Lipinski definition) is 1. The Labute approximate surface area is 118 Å². The van der Waals surface area contributed by atoms with Crippen molar-refractivity contribution < 1.29 is 4.39 Å². The molecule has 4 nitrogen and oxygen atoms in total. The number of nitrogens with zero attached hydrogens (tertiary/aromatic N) is 3. The molecule has 0 aliphatic carbocycles. The van der Waals surface area contributed by atoms with Crippen LogP contribution in [0.1, 0.15) is 19.4 Å². The Morgan fingerprint density at radius 3 is 2.50 bits per heavy atom. The quantitative estimate of drug-likeness (QED) is 0.905. The minimum atomic E-state index is -0.422. The Balaban J connectivity index is 2.40. The molecule has 0 radical (unpaired) electrons. The van der Waals surface area contributed by atoms with Crippen LogP contribution in [0, 0.1) is 12.7 Å². The van der Waals surface area contributed by atoms with E-state index in [9.17, 15) is 4.39 Å². The van der Waals surface area contributed by atoms with Crippen molar-refractivity contribution in [2.45, 2.75) is 20.8 Å². The molecule has 1 heterocycles. The molecule has 20 heavy (non-hydrogen) atoms. The summed E-state index contributed by atoms with van der Waals surface area (Å²) in [4.78, 5) is 10.0. The van der Waals surface area contributed by atoms with Crippen molar-refractivity contribution in [3.8, 4) is 0 Å². The van der Waals surface area contributed by atoms with E-state index in [1.807, 2.05) is 49.9 Å². The maximum atomic E-state index is 14.0. The first-order chi connectivity index (χ1) is 9.65. The average molecular weight is 274 g/mol. The zero-order valence-corrected chi connectivity index (χ0v) is 12.0. The van der Waals surface area contributed by atoms with E-state index < -0.39 is 5.82 Å². The molecule has 1 aromatic carbocycles. The van der Waals surface area contributed by atoms with Crippen molar-refractivity contribution >= 4 is 17.5 Å². The van der Waals surface area contributed by atoms with Crippen molar-refractivity contribution in [2.75, 3.05) is 23.3 Å². The van der Waals surface area contributed by atoms with Crippen LogP contribution in [-0.4, -0.2) is 23.1 Å². The third-order valence-corrected chi connectivity index (χ3v) is 2.98. The van der Waals surface area contributed by atoms with Crippen molar-refractivity contribution in [2.24, 2.45) is 0 Å². The standard InChI is InChI=1S/C15H19FN4/c1-4-17-15-18-10-13(16)14(19-15)20(5-2)12-8-6-11(3)7-9-12/h6-10H,4-5H2,1-3H3,(H,17,18,19). The molecular formula is C15H19FN4. The van der Waals surface area contributed by atoms with Crippen LogP contribution in [0.4, 0.5) is 21.8 Å². The van der Waals surface area contributed by atoms with Gasteiger partial charge in [0.1, 0.15) is 0 Å². The van der Waals surface area contributed by atoms with Crippen LogP contribution in [0.3, 0.4) is 0 Å². The SMILES string of the molecule is CCNc1ncc(F)c(N(CC)c2ccc(C)cc2)n1. The normalized spacial score (nSPS) is 10.4. The molecule has 2 aromatic rings. The highest BCUT2D eigenvalue weighted by atomic mass is 19.1. The molecule has 0 fully saturated rings. The molecule has 5 heteroatoms. The lowest BCUT2D eigenvalue weighted by Crippen LogP contribution is -2.20. The minimum Gasteiger partial charge on any atom is -0.354 e. The van der Waals surface area contributed by atoms with Gasteiger partial charge >= 0.3 is 0 Å². The zero-order chi connectivity index (χ0) is 14.5. The minimum absolute atomic E-state index is 0.294. The van der Waals surface area contributed by atoms with Gasteiger partial charge < -0.3 is 10.2 Å². The Morgan fingerprint density at radius 2 is 1.90 bits per heavy atom. The summed E-state index contributed by atoms with van der Waals surface area (Å²) in [5.74, 6) is 0.311. The molecule has 0 amide bonds. The van der Waals surface area contributed by atoms with Gasteiger partial charge in [-0.25, -0.2) is 9.37 Å². The summed E-state index contributed by atoms with van der Waals surface area (Å²) in [6.07, 6.45) is 1.21. The van der Waals surface area contributed by atoms with Crippen molar-refractivity contribution in [3.63, 3.8) is 0 Å². The summed E-state index contributed by atoms with van der Waals surface area (Å²) < 4.78 is 14.0. The van der Waals surface area contributed by atoms with Gasteiger partial charge in [-0.1, -0.05) is 17.7 Å². The van der Waals surface area contributed by atoms with Crippen LogP contribution in [0.2, 0.25) is 0 Å². The lowest BCUT2D eigenvalue weighted by atomic mass is 10.2. The van der Waals surface area contributed by atoms with Gasteiger partial charge in [0, 0.05) is 18.8 Å². The molecule has 0 unspecified atom stereocenters. The van der Waals surface area contributed by atoms with E-state index >= 15 is 0 Å². The van der Waals surface area contributed by atoms with Gasteiger partial charge in [-0.05, 0) is 32.9 Å². The van der Waals surface area contributed by atoms with Crippen LogP contribution in [-0.2, 0) is 0 Å². The van der Waals surface area contributed by atoms with E-state index in [4.69, 9.17) is 0 Å². The Bertz CT molecular complexity index is 569. The van der Waals surface area contributed by atoms with E-state index in [1.165, 1.54) is 11.8 Å². The predicted octanol–water partition coefficient (Wildman–Crippen LogP) is 3.51. The molecule has 0 aliphatic rings. The van der Waals surface area contributed by atoms with Crippen molar-refractivity contribution in [1.82, 2.24) is 9.97 Å². The highest BCUT2D eigenvalue weighted by Crippen LogP contribution is 2.26. The monoisotopic (exact) mass is 274 g/mol. The van der Waals surface area contributed by atoms with E-state index in [0.717, 1.165) is 5.69 Å². The number of aromatic nitrogens is 2. The lowest BCUT2D eigenvalue weighted by molar-refractivity contribution is 0.611. The molecule has 1 aromatic heterocycles. The van der Waals surface area contributed by atoms with Gasteiger partial charge in [0.15, 0.2) is 11.6 Å². The van der Waals surface area contributed by atoms with Crippen LogP contribution >= 0.6 is 0 Å². The molecule has 2 rings (SSSR count). The zero-order valence-electron chi connectivity index (χ0n) is 12.0. The topological polar surface area (TPSA) is 41.1 Å². The van der Waals surface area contributed by atoms with E-state index in [0.29, 0.717) is 24.9 Å². The summed E-state index contributed by atoms with van der Waals surface area (Å²) >= 11 is 0. The van der Waals surface area contributed by atoms with Gasteiger partial charge in [0.2, 0.25) is 5.95 Å². The molecular weight excluding hydrogens is 255 g/mol. The number of nitrogens with one attached hydrogen (secondary N) is 1. The van der Waals surface area contributed by atoms with Gasteiger partial charge in [0.05, 0.1) is 6.20 Å². The second-order valence-corrected chi connectivity index (χ2v) is 4.48. The fourth-order valence-electron chi connectivity index (χ4n) is 1.97. The predicted molar refractivity (Wildman–Crippen MR) is 80.0 cm³/mol. The lowest BCUT2D eigenvalue weighted by Gasteiger charge is -2.23. The number of hydrogen-bond acceptors (Lipinski definition) is 4. The highest BCUT2D eigenvalue weighted by Gasteiger charge is 2.15. The first-order valence-corrected chi connectivity index (χ1v) is 6.76. The van der Waals surface area contributed by atoms with Gasteiger partial charge in [-0.3, -0.25) is 0 Å². The van der Waals surface area contributed by atoms with Gasteiger partial charge in [-0.15, -0.1) is 0 Å². The van der Waals surface area contributed by atoms with Gasteiger partial charge in [0.25, 0.3) is 0 Å². The second kappa shape index (κ2) is 6.32. The molecule has 0 spiro atoms. The highest BCUT2D eigenvalue weighted by molar-refractivity contribution is 5.61. The Kier molecular flexibility index (Phi) is 4.50. The number of benzene rings is 1. The summed E-state index contributed by atoms with van der Waals surface area (Å²) in [5.41, 5.74) is 2.08. The summed E-state index contributed by atoms with van der Waals surface area (Å²) in [5, 5.41) is 3.00. The molecule has 1 N–H and O–H groups in total. The maximum absolute atomic E-state index is 14.0. The first kappa shape index (κ1) is 14.2. The largest absolute Gasteiger partial charge is 0.354 e. The second-order valence-electron chi connectivity index (χ2n) is 4.48. The fraction of sp³-hybridized carbons (Fsp3) is 0.333. The molecule has 0 saturated heterocycles.